The first-order valence-corrected chi connectivity index (χ1v) is 11.6. The Labute approximate surface area is 181 Å². The lowest BCUT2D eigenvalue weighted by Gasteiger charge is -2.39. The van der Waals surface area contributed by atoms with E-state index in [-0.39, 0.29) is 29.9 Å². The second-order valence-corrected chi connectivity index (χ2v) is 9.92. The molecule has 27 heavy (non-hydrogen) atoms. The molecule has 2 saturated heterocycles. The molecule has 1 N–H and O–H groups in total. The van der Waals surface area contributed by atoms with Gasteiger partial charge in [0.25, 0.3) is 0 Å². The van der Waals surface area contributed by atoms with Crippen molar-refractivity contribution >= 4 is 39.8 Å². The summed E-state index contributed by atoms with van der Waals surface area (Å²) < 4.78 is 23.3. The summed E-state index contributed by atoms with van der Waals surface area (Å²) in [5, 5.41) is 3.40. The number of rotatable bonds is 4. The number of nitrogens with one attached hydrogen (secondary N) is 1. The van der Waals surface area contributed by atoms with Crippen molar-refractivity contribution in [1.82, 2.24) is 10.2 Å². The Bertz CT molecular complexity index is 724. The summed E-state index contributed by atoms with van der Waals surface area (Å²) >= 11 is 0. The molecule has 1 aromatic carbocycles. The van der Waals surface area contributed by atoms with Gasteiger partial charge in [-0.1, -0.05) is 37.3 Å². The molecule has 2 heterocycles. The van der Waals surface area contributed by atoms with Crippen molar-refractivity contribution in [2.45, 2.75) is 32.6 Å². The molecular weight excluding hydrogens is 473 g/mol. The van der Waals surface area contributed by atoms with Gasteiger partial charge in [0.05, 0.1) is 11.5 Å². The molecule has 5 nitrogen and oxygen atoms in total. The van der Waals surface area contributed by atoms with Gasteiger partial charge in [-0.05, 0) is 43.1 Å². The Hall–Kier alpha value is -0.830. The number of halogens is 1. The summed E-state index contributed by atoms with van der Waals surface area (Å²) in [6.07, 6.45) is 1.87. The van der Waals surface area contributed by atoms with Crippen LogP contribution in [-0.2, 0) is 9.84 Å². The Morgan fingerprint density at radius 3 is 2.59 bits per heavy atom. The third kappa shape index (κ3) is 6.07. The molecule has 3 atom stereocenters. The molecule has 0 saturated carbocycles. The number of guanidine groups is 1. The topological polar surface area (TPSA) is 61.8 Å². The first-order chi connectivity index (χ1) is 12.5. The number of hydrogen-bond donors (Lipinski definition) is 1. The van der Waals surface area contributed by atoms with E-state index in [9.17, 15) is 8.42 Å². The van der Waals surface area contributed by atoms with Gasteiger partial charge in [0, 0.05) is 26.2 Å². The number of hydrogen-bond acceptors (Lipinski definition) is 3. The molecule has 0 spiro atoms. The van der Waals surface area contributed by atoms with Crippen molar-refractivity contribution < 1.29 is 8.42 Å². The molecule has 152 valence electrons. The molecule has 3 unspecified atom stereocenters. The van der Waals surface area contributed by atoms with Gasteiger partial charge in [0.2, 0.25) is 0 Å². The number of piperidine rings is 1. The fourth-order valence-corrected chi connectivity index (χ4v) is 6.04. The van der Waals surface area contributed by atoms with Crippen LogP contribution in [0.2, 0.25) is 0 Å². The van der Waals surface area contributed by atoms with Crippen LogP contribution >= 0.6 is 24.0 Å². The van der Waals surface area contributed by atoms with E-state index in [0.29, 0.717) is 29.9 Å². The van der Waals surface area contributed by atoms with E-state index in [1.807, 2.05) is 0 Å². The molecule has 0 radical (unpaired) electrons. The van der Waals surface area contributed by atoms with E-state index in [4.69, 9.17) is 4.99 Å². The zero-order valence-electron chi connectivity index (χ0n) is 16.3. The van der Waals surface area contributed by atoms with Crippen molar-refractivity contribution in [2.24, 2.45) is 16.8 Å². The molecule has 0 bridgehead atoms. The van der Waals surface area contributed by atoms with Gasteiger partial charge in [0.15, 0.2) is 15.8 Å². The van der Waals surface area contributed by atoms with Crippen molar-refractivity contribution in [3.05, 3.63) is 35.9 Å². The SMILES string of the molecule is CCNC(=NCC1CCS(=O)(=O)C1)N1CCC(c2ccccc2)C(C)C1.I. The Morgan fingerprint density at radius 2 is 2.00 bits per heavy atom. The molecule has 2 aliphatic heterocycles. The van der Waals surface area contributed by atoms with E-state index in [2.05, 4.69) is 54.4 Å². The zero-order valence-corrected chi connectivity index (χ0v) is 19.4. The monoisotopic (exact) mass is 505 g/mol. The average Bonchev–Trinajstić information content (AvgIpc) is 2.98. The molecule has 0 aromatic heterocycles. The Kier molecular flexibility index (Phi) is 8.39. The normalized spacial score (nSPS) is 27.9. The predicted molar refractivity (Wildman–Crippen MR) is 123 cm³/mol. The highest BCUT2D eigenvalue weighted by Gasteiger charge is 2.30. The zero-order chi connectivity index (χ0) is 18.6. The maximum atomic E-state index is 11.7. The smallest absolute Gasteiger partial charge is 0.193 e. The molecule has 1 aromatic rings. The predicted octanol–water partition coefficient (Wildman–Crippen LogP) is 3.13. The van der Waals surface area contributed by atoms with Crippen molar-refractivity contribution in [2.75, 3.05) is 37.7 Å². The van der Waals surface area contributed by atoms with Crippen molar-refractivity contribution in [1.29, 1.82) is 0 Å². The molecule has 2 fully saturated rings. The van der Waals surface area contributed by atoms with Crippen molar-refractivity contribution in [3.8, 4) is 0 Å². The highest BCUT2D eigenvalue weighted by atomic mass is 127. The van der Waals surface area contributed by atoms with Crippen LogP contribution < -0.4 is 5.32 Å². The third-order valence-electron chi connectivity index (χ3n) is 5.59. The van der Waals surface area contributed by atoms with E-state index < -0.39 is 9.84 Å². The number of aliphatic imine (C=N–C) groups is 1. The Balaban J connectivity index is 0.00000261. The van der Waals surface area contributed by atoms with Crippen LogP contribution in [0.4, 0.5) is 0 Å². The van der Waals surface area contributed by atoms with E-state index in [1.54, 1.807) is 0 Å². The molecule has 2 aliphatic rings. The van der Waals surface area contributed by atoms with E-state index >= 15 is 0 Å². The van der Waals surface area contributed by atoms with Gasteiger partial charge >= 0.3 is 0 Å². The average molecular weight is 505 g/mol. The molecule has 3 rings (SSSR count). The summed E-state index contributed by atoms with van der Waals surface area (Å²) in [5.41, 5.74) is 1.43. The maximum absolute atomic E-state index is 11.7. The first kappa shape index (κ1) is 22.5. The maximum Gasteiger partial charge on any atom is 0.193 e. The third-order valence-corrected chi connectivity index (χ3v) is 7.43. The minimum Gasteiger partial charge on any atom is -0.357 e. The highest BCUT2D eigenvalue weighted by molar-refractivity contribution is 14.0. The van der Waals surface area contributed by atoms with Crippen LogP contribution in [0.15, 0.2) is 35.3 Å². The van der Waals surface area contributed by atoms with Gasteiger partial charge in [0.1, 0.15) is 0 Å². The lowest BCUT2D eigenvalue weighted by Crippen LogP contribution is -2.48. The first-order valence-electron chi connectivity index (χ1n) is 9.77. The summed E-state index contributed by atoms with van der Waals surface area (Å²) in [5.74, 6) is 2.88. The summed E-state index contributed by atoms with van der Waals surface area (Å²) in [6, 6.07) is 10.8. The minimum atomic E-state index is -2.83. The minimum absolute atomic E-state index is 0. The molecule has 0 aliphatic carbocycles. The largest absolute Gasteiger partial charge is 0.357 e. The van der Waals surface area contributed by atoms with Crippen LogP contribution in [-0.4, -0.2) is 57.0 Å². The summed E-state index contributed by atoms with van der Waals surface area (Å²) in [6.45, 7) is 7.79. The number of likely N-dealkylation sites (tertiary alicyclic amines) is 1. The lowest BCUT2D eigenvalue weighted by molar-refractivity contribution is 0.234. The fraction of sp³-hybridized carbons (Fsp3) is 0.650. The second-order valence-electron chi connectivity index (χ2n) is 7.69. The fourth-order valence-electron chi connectivity index (χ4n) is 4.19. The van der Waals surface area contributed by atoms with Gasteiger partial charge in [-0.3, -0.25) is 4.99 Å². The summed E-state index contributed by atoms with van der Waals surface area (Å²) in [4.78, 5) is 7.13. The van der Waals surface area contributed by atoms with Crippen LogP contribution in [0.3, 0.4) is 0 Å². The standard InChI is InChI=1S/C20H31N3O2S.HI/c1-3-21-20(22-13-17-10-12-26(24,25)15-17)23-11-9-19(16(2)14-23)18-7-5-4-6-8-18;/h4-8,16-17,19H,3,9-15H2,1-2H3,(H,21,22);1H. The van der Waals surface area contributed by atoms with Gasteiger partial charge in [-0.2, -0.15) is 0 Å². The van der Waals surface area contributed by atoms with Gasteiger partial charge < -0.3 is 10.2 Å². The Morgan fingerprint density at radius 1 is 1.26 bits per heavy atom. The van der Waals surface area contributed by atoms with Gasteiger partial charge in [-0.25, -0.2) is 8.42 Å². The number of sulfone groups is 1. The molecule has 0 amide bonds. The van der Waals surface area contributed by atoms with Gasteiger partial charge in [-0.15, -0.1) is 24.0 Å². The van der Waals surface area contributed by atoms with E-state index in [1.165, 1.54) is 5.56 Å². The highest BCUT2D eigenvalue weighted by Crippen LogP contribution is 2.32. The van der Waals surface area contributed by atoms with E-state index in [0.717, 1.165) is 38.4 Å². The van der Waals surface area contributed by atoms with Crippen LogP contribution in [0, 0.1) is 11.8 Å². The lowest BCUT2D eigenvalue weighted by atomic mass is 9.82. The van der Waals surface area contributed by atoms with Crippen LogP contribution in [0.5, 0.6) is 0 Å². The second kappa shape index (κ2) is 10.1. The van der Waals surface area contributed by atoms with Crippen LogP contribution in [0.1, 0.15) is 38.2 Å². The quantitative estimate of drug-likeness (QED) is 0.388. The van der Waals surface area contributed by atoms with Crippen molar-refractivity contribution in [3.63, 3.8) is 0 Å². The summed E-state index contributed by atoms with van der Waals surface area (Å²) in [7, 11) is -2.83. The molecular formula is C20H32IN3O2S. The van der Waals surface area contributed by atoms with Crippen LogP contribution in [0.25, 0.3) is 0 Å². The number of nitrogens with zero attached hydrogens (tertiary/aromatic N) is 2. The molecule has 7 heteroatoms. The number of benzene rings is 1.